The maximum absolute atomic E-state index is 6.15. The van der Waals surface area contributed by atoms with Crippen molar-refractivity contribution in [3.8, 4) is 16.9 Å². The van der Waals surface area contributed by atoms with Gasteiger partial charge in [-0.25, -0.2) is 0 Å². The van der Waals surface area contributed by atoms with Crippen LogP contribution in [-0.4, -0.2) is 19.1 Å². The fourth-order valence-corrected chi connectivity index (χ4v) is 2.22. The highest BCUT2D eigenvalue weighted by atomic mass is 35.5. The highest BCUT2D eigenvalue weighted by molar-refractivity contribution is 6.31. The van der Waals surface area contributed by atoms with Gasteiger partial charge in [0.25, 0.3) is 0 Å². The van der Waals surface area contributed by atoms with Crippen LogP contribution >= 0.6 is 11.6 Å². The summed E-state index contributed by atoms with van der Waals surface area (Å²) in [6.45, 7) is 4.09. The number of ether oxygens (including phenoxy) is 1. The Bertz CT molecular complexity index is 613. The van der Waals surface area contributed by atoms with E-state index in [-0.39, 0.29) is 6.04 Å². The Morgan fingerprint density at radius 1 is 1.25 bits per heavy atom. The van der Waals surface area contributed by atoms with Gasteiger partial charge >= 0.3 is 0 Å². The summed E-state index contributed by atoms with van der Waals surface area (Å²) in [6, 6.07) is 6.26. The molecule has 0 aliphatic carbocycles. The molecule has 1 atom stereocenters. The van der Waals surface area contributed by atoms with Crippen LogP contribution in [-0.2, 0) is 0 Å². The minimum absolute atomic E-state index is 0.252. The Morgan fingerprint density at radius 2 is 2.00 bits per heavy atom. The van der Waals surface area contributed by atoms with Crippen LogP contribution < -0.4 is 10.1 Å². The van der Waals surface area contributed by atoms with Gasteiger partial charge in [-0.2, -0.15) is 0 Å². The van der Waals surface area contributed by atoms with E-state index in [1.807, 2.05) is 38.5 Å². The standard InChI is InChI=1S/C16H19ClN2O/c1-10-5-14(16(20-4)7-15(10)17)13-6-12(8-19-9-13)11(2)18-3/h5-9,11,18H,1-4H3. The van der Waals surface area contributed by atoms with E-state index in [9.17, 15) is 0 Å². The first-order valence-corrected chi connectivity index (χ1v) is 6.91. The summed E-state index contributed by atoms with van der Waals surface area (Å²) in [4.78, 5) is 4.33. The molecule has 0 aliphatic rings. The molecule has 0 spiro atoms. The fourth-order valence-electron chi connectivity index (χ4n) is 2.07. The molecule has 1 heterocycles. The van der Waals surface area contributed by atoms with Crippen LogP contribution in [0.5, 0.6) is 5.75 Å². The van der Waals surface area contributed by atoms with Crippen molar-refractivity contribution in [2.75, 3.05) is 14.2 Å². The summed E-state index contributed by atoms with van der Waals surface area (Å²) in [5.74, 6) is 0.761. The van der Waals surface area contributed by atoms with Crippen LogP contribution in [0, 0.1) is 6.92 Å². The highest BCUT2D eigenvalue weighted by Gasteiger charge is 2.11. The summed E-state index contributed by atoms with van der Waals surface area (Å²) in [5.41, 5.74) is 4.20. The van der Waals surface area contributed by atoms with Crippen LogP contribution in [0.3, 0.4) is 0 Å². The van der Waals surface area contributed by atoms with Crippen LogP contribution in [0.25, 0.3) is 11.1 Å². The molecule has 2 aromatic rings. The van der Waals surface area contributed by atoms with E-state index >= 15 is 0 Å². The van der Waals surface area contributed by atoms with E-state index in [2.05, 4.69) is 23.3 Å². The largest absolute Gasteiger partial charge is 0.496 e. The quantitative estimate of drug-likeness (QED) is 0.924. The highest BCUT2D eigenvalue weighted by Crippen LogP contribution is 2.35. The van der Waals surface area contributed by atoms with E-state index in [4.69, 9.17) is 16.3 Å². The minimum Gasteiger partial charge on any atom is -0.496 e. The zero-order valence-electron chi connectivity index (χ0n) is 12.2. The van der Waals surface area contributed by atoms with Gasteiger partial charge in [0.2, 0.25) is 0 Å². The van der Waals surface area contributed by atoms with Gasteiger partial charge in [-0.05, 0) is 50.2 Å². The third-order valence-corrected chi connectivity index (χ3v) is 3.89. The molecule has 2 rings (SSSR count). The van der Waals surface area contributed by atoms with Gasteiger partial charge in [-0.15, -0.1) is 0 Å². The molecule has 0 aliphatic heterocycles. The van der Waals surface area contributed by atoms with Gasteiger partial charge in [0.15, 0.2) is 0 Å². The monoisotopic (exact) mass is 290 g/mol. The van der Waals surface area contributed by atoms with Crippen molar-refractivity contribution in [2.24, 2.45) is 0 Å². The number of aryl methyl sites for hydroxylation is 1. The van der Waals surface area contributed by atoms with Crippen molar-refractivity contribution >= 4 is 11.6 Å². The molecular weight excluding hydrogens is 272 g/mol. The number of rotatable bonds is 4. The van der Waals surface area contributed by atoms with Crippen LogP contribution in [0.1, 0.15) is 24.1 Å². The van der Waals surface area contributed by atoms with E-state index in [1.165, 1.54) is 0 Å². The molecule has 3 nitrogen and oxygen atoms in total. The molecule has 20 heavy (non-hydrogen) atoms. The third-order valence-electron chi connectivity index (χ3n) is 3.48. The van der Waals surface area contributed by atoms with E-state index in [0.29, 0.717) is 5.02 Å². The minimum atomic E-state index is 0.252. The molecule has 0 radical (unpaired) electrons. The van der Waals surface area contributed by atoms with Crippen molar-refractivity contribution in [1.82, 2.24) is 10.3 Å². The lowest BCUT2D eigenvalue weighted by Crippen LogP contribution is -2.12. The molecule has 1 aromatic carbocycles. The molecule has 0 fully saturated rings. The van der Waals surface area contributed by atoms with E-state index < -0.39 is 0 Å². The second-order valence-electron chi connectivity index (χ2n) is 4.82. The predicted molar refractivity (Wildman–Crippen MR) is 83.4 cm³/mol. The molecule has 4 heteroatoms. The number of hydrogen-bond donors (Lipinski definition) is 1. The molecule has 1 N–H and O–H groups in total. The Balaban J connectivity index is 2.53. The summed E-state index contributed by atoms with van der Waals surface area (Å²) in [5, 5.41) is 3.92. The second-order valence-corrected chi connectivity index (χ2v) is 5.23. The average Bonchev–Trinajstić information content (AvgIpc) is 2.48. The first-order valence-electron chi connectivity index (χ1n) is 6.53. The van der Waals surface area contributed by atoms with Crippen molar-refractivity contribution in [1.29, 1.82) is 0 Å². The smallest absolute Gasteiger partial charge is 0.128 e. The molecule has 106 valence electrons. The molecule has 0 saturated heterocycles. The van der Waals surface area contributed by atoms with Gasteiger partial charge in [-0.3, -0.25) is 4.98 Å². The number of halogens is 1. The van der Waals surface area contributed by atoms with Gasteiger partial charge < -0.3 is 10.1 Å². The molecule has 0 saturated carbocycles. The third kappa shape index (κ3) is 2.94. The van der Waals surface area contributed by atoms with E-state index in [1.54, 1.807) is 7.11 Å². The zero-order valence-corrected chi connectivity index (χ0v) is 13.0. The molecule has 1 aromatic heterocycles. The van der Waals surface area contributed by atoms with E-state index in [0.717, 1.165) is 28.0 Å². The number of pyridine rings is 1. The Hall–Kier alpha value is -1.58. The lowest BCUT2D eigenvalue weighted by molar-refractivity contribution is 0.416. The lowest BCUT2D eigenvalue weighted by atomic mass is 10.0. The normalized spacial score (nSPS) is 12.2. The van der Waals surface area contributed by atoms with Crippen LogP contribution in [0.4, 0.5) is 0 Å². The SMILES string of the molecule is CNC(C)c1cncc(-c2cc(C)c(Cl)cc2OC)c1. The number of aromatic nitrogens is 1. The fraction of sp³-hybridized carbons (Fsp3) is 0.312. The molecule has 1 unspecified atom stereocenters. The summed E-state index contributed by atoms with van der Waals surface area (Å²) < 4.78 is 5.43. The number of nitrogens with one attached hydrogen (secondary N) is 1. The van der Waals surface area contributed by atoms with Gasteiger partial charge in [-0.1, -0.05) is 11.6 Å². The molecular formula is C16H19ClN2O. The second kappa shape index (κ2) is 6.25. The molecule has 0 bridgehead atoms. The first kappa shape index (κ1) is 14.8. The van der Waals surface area contributed by atoms with Crippen molar-refractivity contribution in [3.63, 3.8) is 0 Å². The van der Waals surface area contributed by atoms with Gasteiger partial charge in [0.1, 0.15) is 5.75 Å². The van der Waals surface area contributed by atoms with Crippen molar-refractivity contribution in [3.05, 3.63) is 46.7 Å². The number of hydrogen-bond acceptors (Lipinski definition) is 3. The lowest BCUT2D eigenvalue weighted by Gasteiger charge is -2.14. The predicted octanol–water partition coefficient (Wildman–Crippen LogP) is 4.00. The maximum atomic E-state index is 6.15. The number of benzene rings is 1. The summed E-state index contributed by atoms with van der Waals surface area (Å²) >= 11 is 6.15. The Labute approximate surface area is 124 Å². The Kier molecular flexibility index (Phi) is 4.63. The van der Waals surface area contributed by atoms with Crippen LogP contribution in [0.2, 0.25) is 5.02 Å². The number of methoxy groups -OCH3 is 1. The average molecular weight is 291 g/mol. The van der Waals surface area contributed by atoms with Crippen LogP contribution in [0.15, 0.2) is 30.6 Å². The van der Waals surface area contributed by atoms with Gasteiger partial charge in [0.05, 0.1) is 7.11 Å². The van der Waals surface area contributed by atoms with Crippen molar-refractivity contribution < 1.29 is 4.74 Å². The summed E-state index contributed by atoms with van der Waals surface area (Å²) in [6.07, 6.45) is 3.72. The zero-order chi connectivity index (χ0) is 14.7. The maximum Gasteiger partial charge on any atom is 0.128 e. The van der Waals surface area contributed by atoms with Crippen molar-refractivity contribution in [2.45, 2.75) is 19.9 Å². The summed E-state index contributed by atoms with van der Waals surface area (Å²) in [7, 11) is 3.59. The van der Waals surface area contributed by atoms with Gasteiger partial charge in [0, 0.05) is 34.6 Å². The topological polar surface area (TPSA) is 34.2 Å². The molecule has 0 amide bonds. The number of nitrogens with zero attached hydrogens (tertiary/aromatic N) is 1. The first-order chi connectivity index (χ1) is 9.56. The Morgan fingerprint density at radius 3 is 2.65 bits per heavy atom.